The van der Waals surface area contributed by atoms with Crippen molar-refractivity contribution < 1.29 is 18.0 Å². The SMILES string of the molecule is NC(CNC(=O)c1cnn(-c2ccc(Cl)cc2)c1C(F)(F)F)C1CC1. The summed E-state index contributed by atoms with van der Waals surface area (Å²) in [6, 6.07) is 5.45. The number of hydrogen-bond donors (Lipinski definition) is 2. The fourth-order valence-corrected chi connectivity index (χ4v) is 2.69. The Morgan fingerprint density at radius 3 is 2.56 bits per heavy atom. The minimum absolute atomic E-state index is 0.132. The largest absolute Gasteiger partial charge is 0.434 e. The number of carbonyl (C=O) groups excluding carboxylic acids is 1. The number of carbonyl (C=O) groups is 1. The van der Waals surface area contributed by atoms with Crippen LogP contribution in [0.4, 0.5) is 13.2 Å². The summed E-state index contributed by atoms with van der Waals surface area (Å²) in [4.78, 5) is 12.2. The molecule has 9 heteroatoms. The van der Waals surface area contributed by atoms with Gasteiger partial charge in [0.2, 0.25) is 0 Å². The van der Waals surface area contributed by atoms with Gasteiger partial charge in [-0.3, -0.25) is 4.79 Å². The molecule has 1 aliphatic rings. The van der Waals surface area contributed by atoms with Crippen LogP contribution < -0.4 is 11.1 Å². The fraction of sp³-hybridized carbons (Fsp3) is 0.375. The van der Waals surface area contributed by atoms with Gasteiger partial charge in [-0.05, 0) is 43.0 Å². The number of alkyl halides is 3. The zero-order valence-corrected chi connectivity index (χ0v) is 13.8. The van der Waals surface area contributed by atoms with E-state index in [-0.39, 0.29) is 18.3 Å². The third kappa shape index (κ3) is 3.96. The number of rotatable bonds is 5. The van der Waals surface area contributed by atoms with E-state index < -0.39 is 23.3 Å². The second-order valence-corrected chi connectivity index (χ2v) is 6.44. The lowest BCUT2D eigenvalue weighted by atomic mass is 10.2. The first-order chi connectivity index (χ1) is 11.8. The molecule has 134 valence electrons. The van der Waals surface area contributed by atoms with E-state index in [2.05, 4.69) is 10.4 Å². The summed E-state index contributed by atoms with van der Waals surface area (Å²) in [7, 11) is 0. The average Bonchev–Trinajstić information content (AvgIpc) is 3.30. The summed E-state index contributed by atoms with van der Waals surface area (Å²) in [5.41, 5.74) is 4.36. The Balaban J connectivity index is 1.88. The summed E-state index contributed by atoms with van der Waals surface area (Å²) in [5.74, 6) is -0.511. The van der Waals surface area contributed by atoms with Crippen LogP contribution in [-0.2, 0) is 6.18 Å². The number of aromatic nitrogens is 2. The molecular formula is C16H16ClF3N4O. The van der Waals surface area contributed by atoms with Gasteiger partial charge in [0.15, 0.2) is 5.69 Å². The third-order valence-electron chi connectivity index (χ3n) is 4.08. The lowest BCUT2D eigenvalue weighted by molar-refractivity contribution is -0.143. The molecule has 0 spiro atoms. The van der Waals surface area contributed by atoms with E-state index in [1.807, 2.05) is 0 Å². The van der Waals surface area contributed by atoms with Gasteiger partial charge in [-0.15, -0.1) is 0 Å². The summed E-state index contributed by atoms with van der Waals surface area (Å²) < 4.78 is 41.2. The van der Waals surface area contributed by atoms with Gasteiger partial charge in [-0.25, -0.2) is 4.68 Å². The van der Waals surface area contributed by atoms with Crippen molar-refractivity contribution in [2.45, 2.75) is 25.1 Å². The number of nitrogens with two attached hydrogens (primary N) is 1. The second-order valence-electron chi connectivity index (χ2n) is 6.00. The first-order valence-corrected chi connectivity index (χ1v) is 8.10. The number of nitrogens with zero attached hydrogens (tertiary/aromatic N) is 2. The van der Waals surface area contributed by atoms with Crippen molar-refractivity contribution in [3.63, 3.8) is 0 Å². The lowest BCUT2D eigenvalue weighted by Crippen LogP contribution is -2.39. The highest BCUT2D eigenvalue weighted by atomic mass is 35.5. The van der Waals surface area contributed by atoms with Crippen LogP contribution in [0.25, 0.3) is 5.69 Å². The monoisotopic (exact) mass is 372 g/mol. The van der Waals surface area contributed by atoms with Gasteiger partial charge >= 0.3 is 6.18 Å². The second kappa shape index (κ2) is 6.68. The van der Waals surface area contributed by atoms with E-state index in [9.17, 15) is 18.0 Å². The number of amides is 1. The first-order valence-electron chi connectivity index (χ1n) is 7.72. The van der Waals surface area contributed by atoms with Crippen LogP contribution in [0.5, 0.6) is 0 Å². The zero-order chi connectivity index (χ0) is 18.2. The Kier molecular flexibility index (Phi) is 4.75. The van der Waals surface area contributed by atoms with Gasteiger partial charge < -0.3 is 11.1 Å². The molecule has 0 bridgehead atoms. The quantitative estimate of drug-likeness (QED) is 0.847. The molecule has 1 aromatic heterocycles. The molecule has 25 heavy (non-hydrogen) atoms. The Morgan fingerprint density at radius 1 is 1.36 bits per heavy atom. The molecule has 5 nitrogen and oxygen atoms in total. The molecule has 1 amide bonds. The van der Waals surface area contributed by atoms with E-state index in [0.29, 0.717) is 15.6 Å². The van der Waals surface area contributed by atoms with Crippen LogP contribution in [0, 0.1) is 5.92 Å². The number of hydrogen-bond acceptors (Lipinski definition) is 3. The first kappa shape index (κ1) is 17.8. The molecule has 3 N–H and O–H groups in total. The number of halogens is 4. The molecule has 0 saturated heterocycles. The maximum Gasteiger partial charge on any atom is 0.434 e. The normalized spacial score (nSPS) is 15.9. The van der Waals surface area contributed by atoms with E-state index in [4.69, 9.17) is 17.3 Å². The Bertz CT molecular complexity index is 769. The van der Waals surface area contributed by atoms with Crippen LogP contribution in [0.1, 0.15) is 28.9 Å². The van der Waals surface area contributed by atoms with Crippen molar-refractivity contribution >= 4 is 17.5 Å². The van der Waals surface area contributed by atoms with E-state index in [1.165, 1.54) is 24.3 Å². The van der Waals surface area contributed by atoms with Gasteiger partial charge in [0.25, 0.3) is 5.91 Å². The molecule has 1 heterocycles. The van der Waals surface area contributed by atoms with Crippen molar-refractivity contribution in [3.8, 4) is 5.69 Å². The number of nitrogens with one attached hydrogen (secondary N) is 1. The molecule has 3 rings (SSSR count). The molecule has 1 atom stereocenters. The zero-order valence-electron chi connectivity index (χ0n) is 13.1. The smallest absolute Gasteiger partial charge is 0.350 e. The van der Waals surface area contributed by atoms with Crippen molar-refractivity contribution in [3.05, 3.63) is 46.7 Å². The highest BCUT2D eigenvalue weighted by Gasteiger charge is 2.40. The van der Waals surface area contributed by atoms with Crippen molar-refractivity contribution in [1.29, 1.82) is 0 Å². The molecule has 1 unspecified atom stereocenters. The van der Waals surface area contributed by atoms with Gasteiger partial charge in [0.05, 0.1) is 17.4 Å². The van der Waals surface area contributed by atoms with Crippen LogP contribution in [-0.4, -0.2) is 28.3 Å². The molecule has 0 aliphatic heterocycles. The lowest BCUT2D eigenvalue weighted by Gasteiger charge is -2.14. The number of benzene rings is 1. The van der Waals surface area contributed by atoms with Gasteiger partial charge in [0.1, 0.15) is 0 Å². The average molecular weight is 373 g/mol. The molecule has 2 aromatic rings. The van der Waals surface area contributed by atoms with Gasteiger partial charge in [-0.2, -0.15) is 18.3 Å². The van der Waals surface area contributed by atoms with Crippen LogP contribution in [0.15, 0.2) is 30.5 Å². The summed E-state index contributed by atoms with van der Waals surface area (Å²) in [6.45, 7) is 0.132. The fourth-order valence-electron chi connectivity index (χ4n) is 2.56. The van der Waals surface area contributed by atoms with E-state index in [0.717, 1.165) is 19.0 Å². The maximum absolute atomic E-state index is 13.5. The van der Waals surface area contributed by atoms with Crippen molar-refractivity contribution in [2.75, 3.05) is 6.54 Å². The highest BCUT2D eigenvalue weighted by molar-refractivity contribution is 6.30. The van der Waals surface area contributed by atoms with Crippen LogP contribution in [0.3, 0.4) is 0 Å². The minimum atomic E-state index is -4.75. The molecular weight excluding hydrogens is 357 g/mol. The Morgan fingerprint density at radius 2 is 2.00 bits per heavy atom. The topological polar surface area (TPSA) is 72.9 Å². The van der Waals surface area contributed by atoms with E-state index >= 15 is 0 Å². The highest BCUT2D eigenvalue weighted by Crippen LogP contribution is 2.34. The standard InChI is InChI=1S/C16H16ClF3N4O/c17-10-3-5-11(6-4-10)24-14(16(18,19)20)12(7-23-24)15(25)22-8-13(21)9-1-2-9/h3-7,9,13H,1-2,8,21H2,(H,22,25). The molecule has 1 saturated carbocycles. The Labute approximate surface area is 146 Å². The maximum atomic E-state index is 13.5. The summed E-state index contributed by atoms with van der Waals surface area (Å²) in [6.07, 6.45) is -1.87. The predicted octanol–water partition coefficient (Wildman–Crippen LogP) is 3.01. The molecule has 1 fully saturated rings. The Hall–Kier alpha value is -2.06. The summed E-state index contributed by atoms with van der Waals surface area (Å²) >= 11 is 5.76. The summed E-state index contributed by atoms with van der Waals surface area (Å²) in [5, 5.41) is 6.59. The van der Waals surface area contributed by atoms with Crippen LogP contribution >= 0.6 is 11.6 Å². The third-order valence-corrected chi connectivity index (χ3v) is 4.33. The minimum Gasteiger partial charge on any atom is -0.350 e. The molecule has 0 radical (unpaired) electrons. The van der Waals surface area contributed by atoms with Crippen molar-refractivity contribution in [1.82, 2.24) is 15.1 Å². The van der Waals surface area contributed by atoms with Crippen LogP contribution in [0.2, 0.25) is 5.02 Å². The van der Waals surface area contributed by atoms with E-state index in [1.54, 1.807) is 0 Å². The molecule has 1 aromatic carbocycles. The predicted molar refractivity (Wildman–Crippen MR) is 86.6 cm³/mol. The molecule has 1 aliphatic carbocycles. The van der Waals surface area contributed by atoms with Crippen molar-refractivity contribution in [2.24, 2.45) is 11.7 Å². The van der Waals surface area contributed by atoms with Gasteiger partial charge in [0, 0.05) is 17.6 Å². The van der Waals surface area contributed by atoms with Gasteiger partial charge in [-0.1, -0.05) is 11.6 Å².